The first-order valence-electron chi connectivity index (χ1n) is 8.14. The van der Waals surface area contributed by atoms with Crippen LogP contribution in [0.25, 0.3) is 0 Å². The third-order valence-corrected chi connectivity index (χ3v) is 4.32. The zero-order valence-corrected chi connectivity index (χ0v) is 16.5. The Labute approximate surface area is 161 Å². The molecule has 1 atom stereocenters. The summed E-state index contributed by atoms with van der Waals surface area (Å²) < 4.78 is 6.23. The minimum Gasteiger partial charge on any atom is -0.496 e. The fraction of sp³-hybridized carbons (Fsp3) is 0.263. The van der Waals surface area contributed by atoms with Crippen LogP contribution in [-0.2, 0) is 4.79 Å². The smallest absolute Gasteiger partial charge is 0.315 e. The van der Waals surface area contributed by atoms with Crippen molar-refractivity contribution in [1.29, 1.82) is 0 Å². The summed E-state index contributed by atoms with van der Waals surface area (Å²) in [5, 5.41) is 8.13. The number of urea groups is 1. The summed E-state index contributed by atoms with van der Waals surface area (Å²) in [5.74, 6) is 0.402. The summed E-state index contributed by atoms with van der Waals surface area (Å²) in [6.07, 6.45) is 0. The Morgan fingerprint density at radius 2 is 1.92 bits per heavy atom. The molecule has 138 valence electrons. The van der Waals surface area contributed by atoms with Crippen LogP contribution in [0.1, 0.15) is 24.1 Å². The van der Waals surface area contributed by atoms with E-state index >= 15 is 0 Å². The van der Waals surface area contributed by atoms with Crippen LogP contribution < -0.4 is 20.7 Å². The molecule has 0 spiro atoms. The summed E-state index contributed by atoms with van der Waals surface area (Å²) in [6, 6.07) is 12.3. The van der Waals surface area contributed by atoms with Gasteiger partial charge in [-0.2, -0.15) is 0 Å². The molecule has 0 unspecified atom stereocenters. The quantitative estimate of drug-likeness (QED) is 0.666. The molecule has 0 aliphatic rings. The van der Waals surface area contributed by atoms with Crippen molar-refractivity contribution < 1.29 is 14.3 Å². The highest BCUT2D eigenvalue weighted by atomic mass is 79.9. The minimum atomic E-state index is -0.425. The molecule has 0 saturated heterocycles. The van der Waals surface area contributed by atoms with Crippen LogP contribution in [0.2, 0.25) is 0 Å². The zero-order chi connectivity index (χ0) is 19.1. The highest BCUT2D eigenvalue weighted by molar-refractivity contribution is 9.10. The van der Waals surface area contributed by atoms with E-state index in [1.165, 1.54) is 0 Å². The van der Waals surface area contributed by atoms with E-state index in [-0.39, 0.29) is 18.5 Å². The summed E-state index contributed by atoms with van der Waals surface area (Å²) in [6.45, 7) is 3.62. The number of para-hydroxylation sites is 1. The number of halogens is 1. The maximum Gasteiger partial charge on any atom is 0.315 e. The second-order valence-electron chi connectivity index (χ2n) is 5.80. The van der Waals surface area contributed by atoms with E-state index in [9.17, 15) is 9.59 Å². The average Bonchev–Trinajstić information content (AvgIpc) is 2.62. The third kappa shape index (κ3) is 5.49. The average molecular weight is 420 g/mol. The summed E-state index contributed by atoms with van der Waals surface area (Å²) in [5.41, 5.74) is 2.50. The van der Waals surface area contributed by atoms with E-state index in [1.807, 2.05) is 50.2 Å². The Bertz CT molecular complexity index is 795. The number of hydrogen-bond donors (Lipinski definition) is 3. The Balaban J connectivity index is 1.85. The Morgan fingerprint density at radius 1 is 1.19 bits per heavy atom. The first kappa shape index (κ1) is 19.8. The van der Waals surface area contributed by atoms with Gasteiger partial charge >= 0.3 is 6.03 Å². The van der Waals surface area contributed by atoms with Crippen molar-refractivity contribution in [2.24, 2.45) is 0 Å². The second-order valence-corrected chi connectivity index (χ2v) is 6.71. The highest BCUT2D eigenvalue weighted by Crippen LogP contribution is 2.24. The number of aryl methyl sites for hydroxylation is 1. The predicted molar refractivity (Wildman–Crippen MR) is 105 cm³/mol. The standard InChI is InChI=1S/C19H22BrN3O3/c1-12-10-14(20)8-9-16(12)23-18(24)11-21-19(25)22-13(2)15-6-4-5-7-17(15)26-3/h4-10,13H,11H2,1-3H3,(H,23,24)(H2,21,22,25)/t13-/m0/s1. The van der Waals surface area contributed by atoms with Gasteiger partial charge in [-0.25, -0.2) is 4.79 Å². The Hall–Kier alpha value is -2.54. The topological polar surface area (TPSA) is 79.5 Å². The molecule has 0 aliphatic heterocycles. The van der Waals surface area contributed by atoms with Gasteiger partial charge in [-0.15, -0.1) is 0 Å². The van der Waals surface area contributed by atoms with E-state index in [0.717, 1.165) is 15.6 Å². The van der Waals surface area contributed by atoms with Gasteiger partial charge in [0.05, 0.1) is 19.7 Å². The fourth-order valence-corrected chi connectivity index (χ4v) is 2.95. The van der Waals surface area contributed by atoms with Gasteiger partial charge in [0, 0.05) is 15.7 Å². The van der Waals surface area contributed by atoms with Gasteiger partial charge in [-0.05, 0) is 43.7 Å². The van der Waals surface area contributed by atoms with Crippen molar-refractivity contribution in [2.75, 3.05) is 19.0 Å². The molecule has 0 aliphatic carbocycles. The fourth-order valence-electron chi connectivity index (χ4n) is 2.47. The lowest BCUT2D eigenvalue weighted by Crippen LogP contribution is -2.41. The molecular weight excluding hydrogens is 398 g/mol. The van der Waals surface area contributed by atoms with E-state index in [0.29, 0.717) is 11.4 Å². The van der Waals surface area contributed by atoms with Crippen LogP contribution in [0.4, 0.5) is 10.5 Å². The van der Waals surface area contributed by atoms with Crippen molar-refractivity contribution in [3.8, 4) is 5.75 Å². The van der Waals surface area contributed by atoms with Gasteiger partial charge in [0.25, 0.3) is 0 Å². The third-order valence-electron chi connectivity index (χ3n) is 3.83. The molecule has 7 heteroatoms. The number of carbonyl (C=O) groups is 2. The summed E-state index contributed by atoms with van der Waals surface area (Å²) in [7, 11) is 1.58. The van der Waals surface area contributed by atoms with Crippen molar-refractivity contribution in [3.63, 3.8) is 0 Å². The van der Waals surface area contributed by atoms with Crippen molar-refractivity contribution in [1.82, 2.24) is 10.6 Å². The molecular formula is C19H22BrN3O3. The number of amides is 3. The highest BCUT2D eigenvalue weighted by Gasteiger charge is 2.14. The van der Waals surface area contributed by atoms with Crippen LogP contribution in [0.5, 0.6) is 5.75 Å². The van der Waals surface area contributed by atoms with Crippen LogP contribution >= 0.6 is 15.9 Å². The lowest BCUT2D eigenvalue weighted by atomic mass is 10.1. The minimum absolute atomic E-state index is 0.125. The monoisotopic (exact) mass is 419 g/mol. The number of anilines is 1. The predicted octanol–water partition coefficient (Wildman–Crippen LogP) is 3.77. The van der Waals surface area contributed by atoms with Gasteiger partial charge in [0.15, 0.2) is 0 Å². The van der Waals surface area contributed by atoms with E-state index in [4.69, 9.17) is 4.74 Å². The number of methoxy groups -OCH3 is 1. The number of nitrogens with one attached hydrogen (secondary N) is 3. The molecule has 2 aromatic rings. The van der Waals surface area contributed by atoms with Crippen LogP contribution in [0.15, 0.2) is 46.9 Å². The van der Waals surface area contributed by atoms with Gasteiger partial charge in [-0.1, -0.05) is 34.1 Å². The molecule has 0 aromatic heterocycles. The van der Waals surface area contributed by atoms with Crippen LogP contribution in [0, 0.1) is 6.92 Å². The molecule has 0 heterocycles. The lowest BCUT2D eigenvalue weighted by Gasteiger charge is -2.17. The lowest BCUT2D eigenvalue weighted by molar-refractivity contribution is -0.115. The molecule has 2 aromatic carbocycles. The maximum absolute atomic E-state index is 12.0. The van der Waals surface area contributed by atoms with Gasteiger partial charge in [0.2, 0.25) is 5.91 Å². The number of carbonyl (C=O) groups excluding carboxylic acids is 2. The summed E-state index contributed by atoms with van der Waals surface area (Å²) >= 11 is 3.38. The molecule has 2 rings (SSSR count). The molecule has 3 amide bonds. The van der Waals surface area contributed by atoms with Crippen molar-refractivity contribution in [3.05, 3.63) is 58.1 Å². The first-order valence-corrected chi connectivity index (χ1v) is 8.93. The largest absolute Gasteiger partial charge is 0.496 e. The van der Waals surface area contributed by atoms with Crippen LogP contribution in [-0.4, -0.2) is 25.6 Å². The van der Waals surface area contributed by atoms with E-state index in [2.05, 4.69) is 31.9 Å². The summed E-state index contributed by atoms with van der Waals surface area (Å²) in [4.78, 5) is 24.1. The normalized spacial score (nSPS) is 11.4. The van der Waals surface area contributed by atoms with Gasteiger partial charge in [-0.3, -0.25) is 4.79 Å². The SMILES string of the molecule is COc1ccccc1[C@H](C)NC(=O)NCC(=O)Nc1ccc(Br)cc1C. The Kier molecular flexibility index (Phi) is 7.03. The molecule has 0 fully saturated rings. The number of benzene rings is 2. The van der Waals surface area contributed by atoms with Gasteiger partial charge < -0.3 is 20.7 Å². The molecule has 0 saturated carbocycles. The number of ether oxygens (including phenoxy) is 1. The Morgan fingerprint density at radius 3 is 2.62 bits per heavy atom. The second kappa shape index (κ2) is 9.24. The van der Waals surface area contributed by atoms with E-state index in [1.54, 1.807) is 13.2 Å². The van der Waals surface area contributed by atoms with Crippen molar-refractivity contribution >= 4 is 33.6 Å². The molecule has 0 radical (unpaired) electrons. The van der Waals surface area contributed by atoms with E-state index < -0.39 is 6.03 Å². The number of rotatable bonds is 6. The molecule has 0 bridgehead atoms. The van der Waals surface area contributed by atoms with Crippen molar-refractivity contribution in [2.45, 2.75) is 19.9 Å². The molecule has 6 nitrogen and oxygen atoms in total. The van der Waals surface area contributed by atoms with Crippen LogP contribution in [0.3, 0.4) is 0 Å². The molecule has 3 N–H and O–H groups in total. The molecule has 26 heavy (non-hydrogen) atoms. The first-order chi connectivity index (χ1) is 12.4. The van der Waals surface area contributed by atoms with Gasteiger partial charge in [0.1, 0.15) is 5.75 Å². The maximum atomic E-state index is 12.0. The zero-order valence-electron chi connectivity index (χ0n) is 14.9. The number of hydrogen-bond acceptors (Lipinski definition) is 3.